The van der Waals surface area contributed by atoms with Crippen molar-refractivity contribution in [2.24, 2.45) is 0 Å². The molecule has 0 spiro atoms. The van der Waals surface area contributed by atoms with E-state index in [2.05, 4.69) is 15.4 Å². The Kier molecular flexibility index (Phi) is 11.7. The molecule has 0 heterocycles. The number of unbranched alkanes of at least 4 members (excludes halogenated alkanes) is 2. The van der Waals surface area contributed by atoms with Crippen LogP contribution in [0.5, 0.6) is 0 Å². The van der Waals surface area contributed by atoms with Crippen molar-refractivity contribution in [3.8, 4) is 0 Å². The van der Waals surface area contributed by atoms with Gasteiger partial charge in [0.05, 0.1) is 13.7 Å². The molecule has 2 N–H and O–H groups in total. The van der Waals surface area contributed by atoms with Crippen molar-refractivity contribution in [2.75, 3.05) is 13.7 Å². The molecule has 7 heteroatoms. The number of amides is 2. The van der Waals surface area contributed by atoms with Crippen LogP contribution in [0.3, 0.4) is 0 Å². The fourth-order valence-corrected chi connectivity index (χ4v) is 2.05. The second-order valence-electron chi connectivity index (χ2n) is 5.29. The topological polar surface area (TPSA) is 93.7 Å². The monoisotopic (exact) mass is 330 g/mol. The average Bonchev–Trinajstić information content (AvgIpc) is 2.54. The van der Waals surface area contributed by atoms with Gasteiger partial charge in [0.25, 0.3) is 0 Å². The summed E-state index contributed by atoms with van der Waals surface area (Å²) >= 11 is 0. The number of methoxy groups -OCH3 is 1. The van der Waals surface area contributed by atoms with Crippen LogP contribution in [0.15, 0.2) is 0 Å². The normalized spacial score (nSPS) is 12.9. The molecule has 0 aliphatic carbocycles. The first-order valence-electron chi connectivity index (χ1n) is 8.31. The summed E-state index contributed by atoms with van der Waals surface area (Å²) in [5, 5.41) is 5.20. The molecule has 0 aromatic rings. The minimum atomic E-state index is -0.721. The third kappa shape index (κ3) is 9.05. The summed E-state index contributed by atoms with van der Waals surface area (Å²) in [6.07, 6.45) is 3.72. The molecular weight excluding hydrogens is 300 g/mol. The highest BCUT2D eigenvalue weighted by molar-refractivity contribution is 5.89. The molecule has 23 heavy (non-hydrogen) atoms. The highest BCUT2D eigenvalue weighted by Crippen LogP contribution is 2.06. The molecule has 0 aliphatic heterocycles. The molecule has 7 nitrogen and oxygen atoms in total. The van der Waals surface area contributed by atoms with Crippen LogP contribution in [0.25, 0.3) is 0 Å². The van der Waals surface area contributed by atoms with Gasteiger partial charge in [0.2, 0.25) is 5.91 Å². The highest BCUT2D eigenvalue weighted by atomic mass is 16.5. The number of ether oxygens (including phenoxy) is 2. The fraction of sp³-hybridized carbons (Fsp3) is 0.812. The van der Waals surface area contributed by atoms with Gasteiger partial charge in [-0.15, -0.1) is 0 Å². The number of nitrogens with one attached hydrogen (secondary N) is 2. The lowest BCUT2D eigenvalue weighted by Crippen LogP contribution is -2.51. The maximum Gasteiger partial charge on any atom is 0.407 e. The van der Waals surface area contributed by atoms with Crippen LogP contribution in [-0.2, 0) is 19.1 Å². The lowest BCUT2D eigenvalue weighted by Gasteiger charge is -2.22. The molecule has 2 atom stereocenters. The summed E-state index contributed by atoms with van der Waals surface area (Å²) < 4.78 is 9.54. The Morgan fingerprint density at radius 1 is 0.913 bits per heavy atom. The Hall–Kier alpha value is -1.79. The van der Waals surface area contributed by atoms with Crippen LogP contribution in [0, 0.1) is 0 Å². The van der Waals surface area contributed by atoms with Crippen molar-refractivity contribution in [1.29, 1.82) is 0 Å². The lowest BCUT2D eigenvalue weighted by atomic mass is 10.1. The van der Waals surface area contributed by atoms with Gasteiger partial charge in [-0.25, -0.2) is 9.59 Å². The highest BCUT2D eigenvalue weighted by Gasteiger charge is 2.27. The Labute approximate surface area is 138 Å². The van der Waals surface area contributed by atoms with Gasteiger partial charge in [-0.05, 0) is 19.8 Å². The van der Waals surface area contributed by atoms with Gasteiger partial charge in [0, 0.05) is 0 Å². The first-order valence-corrected chi connectivity index (χ1v) is 8.31. The molecular formula is C16H30N2O5. The van der Waals surface area contributed by atoms with E-state index in [1.54, 1.807) is 6.92 Å². The zero-order chi connectivity index (χ0) is 17.7. The number of hydrogen-bond donors (Lipinski definition) is 2. The minimum absolute atomic E-state index is 0.261. The Bertz CT molecular complexity index is 373. The van der Waals surface area contributed by atoms with Gasteiger partial charge in [-0.1, -0.05) is 39.5 Å². The molecule has 0 bridgehead atoms. The SMILES string of the molecule is CCCCC(NC(=O)OC)C(=O)NC(CCCC)C(=O)OCC. The van der Waals surface area contributed by atoms with E-state index in [0.717, 1.165) is 25.7 Å². The predicted molar refractivity (Wildman–Crippen MR) is 86.9 cm³/mol. The van der Waals surface area contributed by atoms with Gasteiger partial charge in [-0.3, -0.25) is 4.79 Å². The van der Waals surface area contributed by atoms with Gasteiger partial charge in [0.1, 0.15) is 12.1 Å². The van der Waals surface area contributed by atoms with Crippen molar-refractivity contribution in [2.45, 2.75) is 71.4 Å². The molecule has 2 unspecified atom stereocenters. The average molecular weight is 330 g/mol. The van der Waals surface area contributed by atoms with Crippen molar-refractivity contribution in [3.05, 3.63) is 0 Å². The zero-order valence-corrected chi connectivity index (χ0v) is 14.6. The molecule has 0 aromatic heterocycles. The third-order valence-electron chi connectivity index (χ3n) is 3.37. The molecule has 134 valence electrons. The smallest absolute Gasteiger partial charge is 0.407 e. The number of rotatable bonds is 11. The minimum Gasteiger partial charge on any atom is -0.464 e. The molecule has 0 radical (unpaired) electrons. The second-order valence-corrected chi connectivity index (χ2v) is 5.29. The number of hydrogen-bond acceptors (Lipinski definition) is 5. The van der Waals surface area contributed by atoms with Crippen LogP contribution >= 0.6 is 0 Å². The molecule has 0 saturated carbocycles. The number of carbonyl (C=O) groups is 3. The van der Waals surface area contributed by atoms with E-state index < -0.39 is 30.1 Å². The van der Waals surface area contributed by atoms with Crippen LogP contribution in [-0.4, -0.2) is 43.8 Å². The first-order chi connectivity index (χ1) is 11.0. The Morgan fingerprint density at radius 3 is 1.96 bits per heavy atom. The number of alkyl carbamates (subject to hydrolysis) is 1. The molecule has 0 fully saturated rings. The zero-order valence-electron chi connectivity index (χ0n) is 14.6. The Balaban J connectivity index is 4.83. The second kappa shape index (κ2) is 12.7. The van der Waals surface area contributed by atoms with E-state index in [0.29, 0.717) is 12.8 Å². The van der Waals surface area contributed by atoms with Crippen molar-refractivity contribution in [1.82, 2.24) is 10.6 Å². The summed E-state index contributed by atoms with van der Waals surface area (Å²) in [5.74, 6) is -0.834. The molecule has 0 aromatic carbocycles. The van der Waals surface area contributed by atoms with Crippen LogP contribution in [0.1, 0.15) is 59.3 Å². The van der Waals surface area contributed by atoms with E-state index in [-0.39, 0.29) is 6.61 Å². The van der Waals surface area contributed by atoms with Crippen molar-refractivity contribution >= 4 is 18.0 Å². The Morgan fingerprint density at radius 2 is 1.48 bits per heavy atom. The summed E-state index contributed by atoms with van der Waals surface area (Å²) in [6.45, 7) is 5.99. The van der Waals surface area contributed by atoms with Crippen molar-refractivity contribution < 1.29 is 23.9 Å². The van der Waals surface area contributed by atoms with Gasteiger partial charge in [-0.2, -0.15) is 0 Å². The molecule has 0 rings (SSSR count). The van der Waals surface area contributed by atoms with Gasteiger partial charge in [0.15, 0.2) is 0 Å². The molecule has 2 amide bonds. The van der Waals surface area contributed by atoms with E-state index in [9.17, 15) is 14.4 Å². The first kappa shape index (κ1) is 21.2. The standard InChI is InChI=1S/C16H30N2O5/c1-5-8-10-12(18-16(21)22-4)14(19)17-13(11-9-6-2)15(20)23-7-3/h12-13H,5-11H2,1-4H3,(H,17,19)(H,18,21). The van der Waals surface area contributed by atoms with E-state index in [1.165, 1.54) is 7.11 Å². The van der Waals surface area contributed by atoms with E-state index in [1.807, 2.05) is 13.8 Å². The van der Waals surface area contributed by atoms with Crippen LogP contribution in [0.2, 0.25) is 0 Å². The maximum atomic E-state index is 12.4. The molecule has 0 aliphatic rings. The summed E-state index contributed by atoms with van der Waals surface area (Å²) in [5.41, 5.74) is 0. The van der Waals surface area contributed by atoms with E-state index in [4.69, 9.17) is 4.74 Å². The van der Waals surface area contributed by atoms with Crippen molar-refractivity contribution in [3.63, 3.8) is 0 Å². The largest absolute Gasteiger partial charge is 0.464 e. The third-order valence-corrected chi connectivity index (χ3v) is 3.37. The lowest BCUT2D eigenvalue weighted by molar-refractivity contribution is -0.147. The predicted octanol–water partition coefficient (Wildman–Crippen LogP) is 2.14. The van der Waals surface area contributed by atoms with Gasteiger partial charge >= 0.3 is 12.1 Å². The van der Waals surface area contributed by atoms with E-state index >= 15 is 0 Å². The number of carbonyl (C=O) groups excluding carboxylic acids is 3. The summed E-state index contributed by atoms with van der Waals surface area (Å²) in [4.78, 5) is 35.7. The van der Waals surface area contributed by atoms with Crippen LogP contribution < -0.4 is 10.6 Å². The fourth-order valence-electron chi connectivity index (χ4n) is 2.05. The summed E-state index contributed by atoms with van der Waals surface area (Å²) in [7, 11) is 1.24. The quantitative estimate of drug-likeness (QED) is 0.566. The molecule has 0 saturated heterocycles. The maximum absolute atomic E-state index is 12.4. The summed E-state index contributed by atoms with van der Waals surface area (Å²) in [6, 6.07) is -1.41. The van der Waals surface area contributed by atoms with Crippen LogP contribution in [0.4, 0.5) is 4.79 Å². The van der Waals surface area contributed by atoms with Gasteiger partial charge < -0.3 is 20.1 Å². The number of esters is 1.